The van der Waals surface area contributed by atoms with Gasteiger partial charge in [0.1, 0.15) is 10.9 Å². The molecule has 2 aromatic rings. The predicted octanol–water partition coefficient (Wildman–Crippen LogP) is 2.73. The molecule has 0 unspecified atom stereocenters. The van der Waals surface area contributed by atoms with E-state index in [1.54, 1.807) is 12.3 Å². The molecule has 80 valence electrons. The Hall–Kier alpha value is -1.61. The highest BCUT2D eigenvalue weighted by molar-refractivity contribution is 6.29. The van der Waals surface area contributed by atoms with Gasteiger partial charge in [-0.1, -0.05) is 11.6 Å². The van der Waals surface area contributed by atoms with Crippen molar-refractivity contribution in [2.24, 2.45) is 0 Å². The van der Waals surface area contributed by atoms with Crippen LogP contribution in [0, 0.1) is 0 Å². The molecule has 0 N–H and O–H groups in total. The number of hydrogen-bond donors (Lipinski definition) is 0. The third-order valence-electron chi connectivity index (χ3n) is 2.57. The molecule has 16 heavy (non-hydrogen) atoms. The zero-order chi connectivity index (χ0) is 11.0. The van der Waals surface area contributed by atoms with Crippen LogP contribution >= 0.6 is 11.6 Å². The molecule has 3 rings (SSSR count). The number of hydrogen-bond acceptors (Lipinski definition) is 3. The molecular formula is C12H9ClN2O. The van der Waals surface area contributed by atoms with Gasteiger partial charge in [0.2, 0.25) is 0 Å². The lowest BCUT2D eigenvalue weighted by atomic mass is 10.1. The second-order valence-electron chi connectivity index (χ2n) is 3.62. The fourth-order valence-corrected chi connectivity index (χ4v) is 1.94. The maximum absolute atomic E-state index is 5.84. The summed E-state index contributed by atoms with van der Waals surface area (Å²) >= 11 is 5.84. The minimum absolute atomic E-state index is 0.460. The largest absolute Gasteiger partial charge is 0.493 e. The average molecular weight is 233 g/mol. The quantitative estimate of drug-likeness (QED) is 0.710. The fourth-order valence-electron chi connectivity index (χ4n) is 1.80. The van der Waals surface area contributed by atoms with Gasteiger partial charge in [-0.3, -0.25) is 0 Å². The molecule has 1 aromatic heterocycles. The van der Waals surface area contributed by atoms with E-state index >= 15 is 0 Å². The Kier molecular flexibility index (Phi) is 2.26. The normalized spacial score (nSPS) is 13.3. The molecule has 0 amide bonds. The number of fused-ring (bicyclic) bond motifs is 1. The van der Waals surface area contributed by atoms with E-state index in [1.165, 1.54) is 5.56 Å². The summed E-state index contributed by atoms with van der Waals surface area (Å²) < 4.78 is 5.45. The lowest BCUT2D eigenvalue weighted by Crippen LogP contribution is -1.89. The van der Waals surface area contributed by atoms with Gasteiger partial charge in [0.15, 0.2) is 5.82 Å². The summed E-state index contributed by atoms with van der Waals surface area (Å²) in [7, 11) is 0. The molecule has 1 aliphatic rings. The van der Waals surface area contributed by atoms with E-state index in [0.29, 0.717) is 11.0 Å². The summed E-state index contributed by atoms with van der Waals surface area (Å²) in [6.45, 7) is 0.759. The molecule has 0 atom stereocenters. The first-order valence-electron chi connectivity index (χ1n) is 5.07. The zero-order valence-corrected chi connectivity index (χ0v) is 9.24. The van der Waals surface area contributed by atoms with Gasteiger partial charge in [0, 0.05) is 18.2 Å². The highest BCUT2D eigenvalue weighted by Crippen LogP contribution is 2.29. The number of nitrogens with zero attached hydrogens (tertiary/aromatic N) is 2. The molecule has 0 saturated heterocycles. The Bertz CT molecular complexity index is 542. The molecule has 1 aliphatic heterocycles. The van der Waals surface area contributed by atoms with Crippen LogP contribution in [-0.4, -0.2) is 16.6 Å². The topological polar surface area (TPSA) is 35.0 Å². The molecule has 0 saturated carbocycles. The first-order valence-corrected chi connectivity index (χ1v) is 5.45. The van der Waals surface area contributed by atoms with Crippen molar-refractivity contribution in [3.05, 3.63) is 41.2 Å². The van der Waals surface area contributed by atoms with Gasteiger partial charge in [-0.05, 0) is 29.8 Å². The second kappa shape index (κ2) is 3.76. The molecule has 0 fully saturated rings. The Morgan fingerprint density at radius 2 is 2.19 bits per heavy atom. The van der Waals surface area contributed by atoms with Crippen molar-refractivity contribution in [3.8, 4) is 17.1 Å². The maximum Gasteiger partial charge on any atom is 0.160 e. The third kappa shape index (κ3) is 1.63. The van der Waals surface area contributed by atoms with Crippen LogP contribution in [0.5, 0.6) is 5.75 Å². The van der Waals surface area contributed by atoms with Gasteiger partial charge in [-0.25, -0.2) is 9.97 Å². The number of halogens is 1. The Labute approximate surface area is 98.1 Å². The lowest BCUT2D eigenvalue weighted by molar-refractivity contribution is 0.357. The van der Waals surface area contributed by atoms with E-state index in [4.69, 9.17) is 16.3 Å². The Morgan fingerprint density at radius 1 is 1.25 bits per heavy atom. The molecule has 0 aliphatic carbocycles. The minimum atomic E-state index is 0.460. The minimum Gasteiger partial charge on any atom is -0.493 e. The van der Waals surface area contributed by atoms with E-state index in [2.05, 4.69) is 16.0 Å². The second-order valence-corrected chi connectivity index (χ2v) is 4.01. The van der Waals surface area contributed by atoms with Gasteiger partial charge in [0.25, 0.3) is 0 Å². The van der Waals surface area contributed by atoms with E-state index in [0.717, 1.165) is 24.3 Å². The smallest absolute Gasteiger partial charge is 0.160 e. The van der Waals surface area contributed by atoms with Crippen LogP contribution in [0.1, 0.15) is 5.56 Å². The maximum atomic E-state index is 5.84. The van der Waals surface area contributed by atoms with Crippen molar-refractivity contribution in [2.45, 2.75) is 6.42 Å². The fraction of sp³-hybridized carbons (Fsp3) is 0.167. The monoisotopic (exact) mass is 232 g/mol. The van der Waals surface area contributed by atoms with Crippen LogP contribution in [0.25, 0.3) is 11.4 Å². The van der Waals surface area contributed by atoms with E-state index in [9.17, 15) is 0 Å². The summed E-state index contributed by atoms with van der Waals surface area (Å²) in [5.74, 6) is 1.62. The molecule has 0 radical (unpaired) electrons. The first-order chi connectivity index (χ1) is 7.83. The van der Waals surface area contributed by atoms with Crippen molar-refractivity contribution in [1.29, 1.82) is 0 Å². The van der Waals surface area contributed by atoms with Crippen molar-refractivity contribution in [3.63, 3.8) is 0 Å². The van der Waals surface area contributed by atoms with Crippen molar-refractivity contribution in [2.75, 3.05) is 6.61 Å². The highest BCUT2D eigenvalue weighted by Gasteiger charge is 2.13. The van der Waals surface area contributed by atoms with Crippen LogP contribution in [0.15, 0.2) is 30.5 Å². The highest BCUT2D eigenvalue weighted by atomic mass is 35.5. The van der Waals surface area contributed by atoms with Gasteiger partial charge < -0.3 is 4.74 Å². The van der Waals surface area contributed by atoms with Gasteiger partial charge in [-0.2, -0.15) is 0 Å². The molecule has 1 aromatic carbocycles. The zero-order valence-electron chi connectivity index (χ0n) is 8.48. The van der Waals surface area contributed by atoms with E-state index < -0.39 is 0 Å². The summed E-state index contributed by atoms with van der Waals surface area (Å²) in [5.41, 5.74) is 2.19. The van der Waals surface area contributed by atoms with Crippen LogP contribution in [0.3, 0.4) is 0 Å². The lowest BCUT2D eigenvalue weighted by Gasteiger charge is -2.02. The Balaban J connectivity index is 2.07. The molecule has 2 heterocycles. The summed E-state index contributed by atoms with van der Waals surface area (Å²) in [6, 6.07) is 7.65. The van der Waals surface area contributed by atoms with Gasteiger partial charge >= 0.3 is 0 Å². The standard InChI is InChI=1S/C12H9ClN2O/c13-11-3-5-14-12(15-11)9-1-2-10-8(7-9)4-6-16-10/h1-3,5,7H,4,6H2. The van der Waals surface area contributed by atoms with Crippen molar-refractivity contribution < 1.29 is 4.74 Å². The van der Waals surface area contributed by atoms with Gasteiger partial charge in [0.05, 0.1) is 6.61 Å². The van der Waals surface area contributed by atoms with Crippen LogP contribution in [0.2, 0.25) is 5.15 Å². The first kappa shape index (κ1) is 9.60. The van der Waals surface area contributed by atoms with Crippen molar-refractivity contribution >= 4 is 11.6 Å². The number of rotatable bonds is 1. The van der Waals surface area contributed by atoms with E-state index in [-0.39, 0.29) is 0 Å². The Morgan fingerprint density at radius 3 is 3.06 bits per heavy atom. The van der Waals surface area contributed by atoms with Gasteiger partial charge in [-0.15, -0.1) is 0 Å². The predicted molar refractivity (Wildman–Crippen MR) is 61.7 cm³/mol. The molecule has 3 nitrogen and oxygen atoms in total. The number of aromatic nitrogens is 2. The van der Waals surface area contributed by atoms with E-state index in [1.807, 2.05) is 12.1 Å². The van der Waals surface area contributed by atoms with Crippen LogP contribution in [-0.2, 0) is 6.42 Å². The third-order valence-corrected chi connectivity index (χ3v) is 2.78. The summed E-state index contributed by atoms with van der Waals surface area (Å²) in [6.07, 6.45) is 2.61. The average Bonchev–Trinajstić information content (AvgIpc) is 2.75. The summed E-state index contributed by atoms with van der Waals surface area (Å²) in [5, 5.41) is 0.460. The molecule has 0 spiro atoms. The number of benzene rings is 1. The van der Waals surface area contributed by atoms with Crippen molar-refractivity contribution in [1.82, 2.24) is 9.97 Å². The number of ether oxygens (including phenoxy) is 1. The molecular weight excluding hydrogens is 224 g/mol. The SMILES string of the molecule is Clc1ccnc(-c2ccc3c(c2)CCO3)n1. The van der Waals surface area contributed by atoms with Crippen LogP contribution in [0.4, 0.5) is 0 Å². The summed E-state index contributed by atoms with van der Waals surface area (Å²) in [4.78, 5) is 8.38. The van der Waals surface area contributed by atoms with Crippen LogP contribution < -0.4 is 4.74 Å². The molecule has 4 heteroatoms. The molecule has 0 bridgehead atoms.